The summed E-state index contributed by atoms with van der Waals surface area (Å²) in [5.74, 6) is 0. The standard InChI is InChI=1S/C12H22N2O2/c1-3-4-5-6-11(15)8-7-10-9-14(2)12(16)13-10/h7-8,10-11,15H,3-6,9H2,1-2H3,(H,13,16)/b8-7+. The van der Waals surface area contributed by atoms with Gasteiger partial charge in [-0.2, -0.15) is 0 Å². The van der Waals surface area contributed by atoms with Gasteiger partial charge in [-0.25, -0.2) is 4.79 Å². The van der Waals surface area contributed by atoms with E-state index in [1.54, 1.807) is 18.0 Å². The molecule has 0 aromatic heterocycles. The number of carbonyl (C=O) groups is 1. The fourth-order valence-corrected chi connectivity index (χ4v) is 1.76. The van der Waals surface area contributed by atoms with Gasteiger partial charge in [-0.15, -0.1) is 0 Å². The summed E-state index contributed by atoms with van der Waals surface area (Å²) in [4.78, 5) is 12.8. The minimum Gasteiger partial charge on any atom is -0.389 e. The monoisotopic (exact) mass is 226 g/mol. The molecule has 0 aromatic carbocycles. The lowest BCUT2D eigenvalue weighted by molar-refractivity contribution is 0.207. The van der Waals surface area contributed by atoms with Crippen molar-refractivity contribution in [1.82, 2.24) is 10.2 Å². The maximum Gasteiger partial charge on any atom is 0.317 e. The number of hydrogen-bond donors (Lipinski definition) is 2. The summed E-state index contributed by atoms with van der Waals surface area (Å²) in [5.41, 5.74) is 0. The van der Waals surface area contributed by atoms with Crippen LogP contribution in [0.3, 0.4) is 0 Å². The number of rotatable bonds is 6. The second-order valence-electron chi connectivity index (χ2n) is 4.38. The van der Waals surface area contributed by atoms with Crippen LogP contribution in [0.15, 0.2) is 12.2 Å². The SMILES string of the molecule is CCCCCC(O)/C=C/C1CN(C)C(=O)N1. The van der Waals surface area contributed by atoms with Gasteiger partial charge in [0, 0.05) is 13.6 Å². The maximum atomic E-state index is 11.2. The predicted octanol–water partition coefficient (Wildman–Crippen LogP) is 1.51. The highest BCUT2D eigenvalue weighted by Gasteiger charge is 2.23. The topological polar surface area (TPSA) is 52.6 Å². The molecule has 1 aliphatic heterocycles. The Kier molecular flexibility index (Phi) is 5.32. The zero-order chi connectivity index (χ0) is 12.0. The van der Waals surface area contributed by atoms with Crippen molar-refractivity contribution in [2.75, 3.05) is 13.6 Å². The Morgan fingerprint density at radius 3 is 2.94 bits per heavy atom. The molecule has 92 valence electrons. The van der Waals surface area contributed by atoms with Gasteiger partial charge in [0.1, 0.15) is 0 Å². The first kappa shape index (κ1) is 13.0. The van der Waals surface area contributed by atoms with Crippen LogP contribution in [0.2, 0.25) is 0 Å². The van der Waals surface area contributed by atoms with Gasteiger partial charge in [0.05, 0.1) is 12.1 Å². The molecule has 1 fully saturated rings. The van der Waals surface area contributed by atoms with Crippen molar-refractivity contribution in [3.63, 3.8) is 0 Å². The second-order valence-corrected chi connectivity index (χ2v) is 4.38. The first-order valence-electron chi connectivity index (χ1n) is 6.01. The van der Waals surface area contributed by atoms with Crippen LogP contribution in [0.4, 0.5) is 4.79 Å². The van der Waals surface area contributed by atoms with E-state index in [0.717, 1.165) is 19.3 Å². The molecule has 0 radical (unpaired) electrons. The number of amides is 2. The molecular formula is C12H22N2O2. The molecular weight excluding hydrogens is 204 g/mol. The van der Waals surface area contributed by atoms with E-state index in [2.05, 4.69) is 12.2 Å². The molecule has 0 spiro atoms. The third-order valence-corrected chi connectivity index (χ3v) is 2.80. The Labute approximate surface area is 97.3 Å². The number of hydrogen-bond acceptors (Lipinski definition) is 2. The number of urea groups is 1. The summed E-state index contributed by atoms with van der Waals surface area (Å²) in [6.07, 6.45) is 7.49. The fourth-order valence-electron chi connectivity index (χ4n) is 1.76. The van der Waals surface area contributed by atoms with E-state index in [0.29, 0.717) is 6.54 Å². The Balaban J connectivity index is 2.23. The number of likely N-dealkylation sites (N-methyl/N-ethyl adjacent to an activating group) is 1. The molecule has 1 aliphatic rings. The van der Waals surface area contributed by atoms with Crippen LogP contribution in [-0.2, 0) is 0 Å². The van der Waals surface area contributed by atoms with Gasteiger partial charge in [0.2, 0.25) is 0 Å². The molecule has 0 bridgehead atoms. The molecule has 1 heterocycles. The largest absolute Gasteiger partial charge is 0.389 e. The van der Waals surface area contributed by atoms with Gasteiger partial charge in [0.25, 0.3) is 0 Å². The molecule has 16 heavy (non-hydrogen) atoms. The number of nitrogens with zero attached hydrogens (tertiary/aromatic N) is 1. The van der Waals surface area contributed by atoms with Gasteiger partial charge in [-0.1, -0.05) is 38.3 Å². The zero-order valence-corrected chi connectivity index (χ0v) is 10.1. The Morgan fingerprint density at radius 2 is 2.38 bits per heavy atom. The van der Waals surface area contributed by atoms with Crippen molar-refractivity contribution in [3.8, 4) is 0 Å². The fraction of sp³-hybridized carbons (Fsp3) is 0.750. The lowest BCUT2D eigenvalue weighted by atomic mass is 10.1. The summed E-state index contributed by atoms with van der Waals surface area (Å²) < 4.78 is 0. The number of unbranched alkanes of at least 4 members (excludes halogenated alkanes) is 2. The van der Waals surface area contributed by atoms with Crippen molar-refractivity contribution in [3.05, 3.63) is 12.2 Å². The van der Waals surface area contributed by atoms with Crippen molar-refractivity contribution < 1.29 is 9.90 Å². The van der Waals surface area contributed by atoms with Crippen LogP contribution in [-0.4, -0.2) is 41.8 Å². The van der Waals surface area contributed by atoms with Gasteiger partial charge in [-0.05, 0) is 6.42 Å². The van der Waals surface area contributed by atoms with E-state index >= 15 is 0 Å². The number of carbonyl (C=O) groups excluding carboxylic acids is 1. The smallest absolute Gasteiger partial charge is 0.317 e. The van der Waals surface area contributed by atoms with E-state index in [1.807, 2.05) is 6.08 Å². The summed E-state index contributed by atoms with van der Waals surface area (Å²) in [6.45, 7) is 2.82. The number of nitrogens with one attached hydrogen (secondary N) is 1. The summed E-state index contributed by atoms with van der Waals surface area (Å²) >= 11 is 0. The van der Waals surface area contributed by atoms with Crippen LogP contribution in [0.1, 0.15) is 32.6 Å². The van der Waals surface area contributed by atoms with Crippen molar-refractivity contribution in [2.45, 2.75) is 44.8 Å². The highest BCUT2D eigenvalue weighted by Crippen LogP contribution is 2.06. The molecule has 0 aliphatic carbocycles. The Hall–Kier alpha value is -1.03. The molecule has 0 saturated carbocycles. The second kappa shape index (κ2) is 6.53. The third-order valence-electron chi connectivity index (χ3n) is 2.80. The predicted molar refractivity (Wildman–Crippen MR) is 64.2 cm³/mol. The summed E-state index contributed by atoms with van der Waals surface area (Å²) in [7, 11) is 1.76. The van der Waals surface area contributed by atoms with Crippen LogP contribution in [0.5, 0.6) is 0 Å². The van der Waals surface area contributed by atoms with Crippen LogP contribution >= 0.6 is 0 Å². The van der Waals surface area contributed by atoms with Gasteiger partial charge in [-0.3, -0.25) is 0 Å². The molecule has 0 aromatic rings. The molecule has 1 saturated heterocycles. The lowest BCUT2D eigenvalue weighted by Gasteiger charge is -2.07. The number of aliphatic hydroxyl groups excluding tert-OH is 1. The molecule has 2 amide bonds. The molecule has 2 N–H and O–H groups in total. The van der Waals surface area contributed by atoms with E-state index in [4.69, 9.17) is 0 Å². The first-order chi connectivity index (χ1) is 7.63. The molecule has 2 atom stereocenters. The van der Waals surface area contributed by atoms with Crippen LogP contribution in [0.25, 0.3) is 0 Å². The normalized spacial score (nSPS) is 22.8. The van der Waals surface area contributed by atoms with E-state index < -0.39 is 0 Å². The quantitative estimate of drug-likeness (QED) is 0.533. The van der Waals surface area contributed by atoms with Gasteiger partial charge in [0.15, 0.2) is 0 Å². The molecule has 1 rings (SSSR count). The third kappa shape index (κ3) is 4.23. The zero-order valence-electron chi connectivity index (χ0n) is 10.1. The molecule has 4 nitrogen and oxygen atoms in total. The maximum absolute atomic E-state index is 11.2. The Morgan fingerprint density at radius 1 is 1.62 bits per heavy atom. The van der Waals surface area contributed by atoms with Crippen molar-refractivity contribution in [1.29, 1.82) is 0 Å². The van der Waals surface area contributed by atoms with Crippen molar-refractivity contribution in [2.24, 2.45) is 0 Å². The molecule has 2 unspecified atom stereocenters. The number of aliphatic hydroxyl groups is 1. The molecule has 4 heteroatoms. The lowest BCUT2D eigenvalue weighted by Crippen LogP contribution is -2.25. The average Bonchev–Trinajstić information content (AvgIpc) is 2.56. The Bertz CT molecular complexity index is 253. The van der Waals surface area contributed by atoms with Crippen LogP contribution in [0, 0.1) is 0 Å². The summed E-state index contributed by atoms with van der Waals surface area (Å²) in [5, 5.41) is 12.5. The van der Waals surface area contributed by atoms with E-state index in [-0.39, 0.29) is 18.2 Å². The van der Waals surface area contributed by atoms with Gasteiger partial charge < -0.3 is 15.3 Å². The van der Waals surface area contributed by atoms with Crippen molar-refractivity contribution >= 4 is 6.03 Å². The van der Waals surface area contributed by atoms with Crippen LogP contribution < -0.4 is 5.32 Å². The highest BCUT2D eigenvalue weighted by atomic mass is 16.3. The minimum atomic E-state index is -0.380. The minimum absolute atomic E-state index is 0.0401. The average molecular weight is 226 g/mol. The highest BCUT2D eigenvalue weighted by molar-refractivity contribution is 5.76. The summed E-state index contributed by atoms with van der Waals surface area (Å²) in [6, 6.07) is -0.00607. The van der Waals surface area contributed by atoms with Gasteiger partial charge >= 0.3 is 6.03 Å². The first-order valence-corrected chi connectivity index (χ1v) is 6.01. The van der Waals surface area contributed by atoms with E-state index in [1.165, 1.54) is 6.42 Å². The van der Waals surface area contributed by atoms with E-state index in [9.17, 15) is 9.90 Å².